The Hall–Kier alpha value is -2.03. The number of aryl methyl sites for hydroxylation is 1. The lowest BCUT2D eigenvalue weighted by Gasteiger charge is -2.09. The number of amides is 1. The SMILES string of the molecule is Cc1cc(C(N)=O)c(C)n1Cc1ccccc1. The van der Waals surface area contributed by atoms with E-state index < -0.39 is 0 Å². The second-order valence-corrected chi connectivity index (χ2v) is 4.22. The largest absolute Gasteiger partial charge is 0.366 e. The van der Waals surface area contributed by atoms with Crippen molar-refractivity contribution in [2.45, 2.75) is 20.4 Å². The van der Waals surface area contributed by atoms with Gasteiger partial charge in [-0.15, -0.1) is 0 Å². The zero-order chi connectivity index (χ0) is 12.4. The summed E-state index contributed by atoms with van der Waals surface area (Å²) < 4.78 is 2.11. The lowest BCUT2D eigenvalue weighted by Crippen LogP contribution is -2.12. The number of rotatable bonds is 3. The average Bonchev–Trinajstić information content (AvgIpc) is 2.58. The monoisotopic (exact) mass is 228 g/mol. The fraction of sp³-hybridized carbons (Fsp3) is 0.214. The highest BCUT2D eigenvalue weighted by Gasteiger charge is 2.12. The van der Waals surface area contributed by atoms with Crippen LogP contribution in [0, 0.1) is 13.8 Å². The van der Waals surface area contributed by atoms with Crippen LogP contribution in [0.2, 0.25) is 0 Å². The van der Waals surface area contributed by atoms with E-state index in [2.05, 4.69) is 16.7 Å². The number of aromatic nitrogens is 1. The Morgan fingerprint density at radius 3 is 2.41 bits per heavy atom. The van der Waals surface area contributed by atoms with Crippen LogP contribution in [-0.2, 0) is 6.54 Å². The van der Waals surface area contributed by atoms with Crippen LogP contribution < -0.4 is 5.73 Å². The molecule has 0 saturated carbocycles. The number of benzene rings is 1. The van der Waals surface area contributed by atoms with Crippen molar-refractivity contribution in [2.75, 3.05) is 0 Å². The average molecular weight is 228 g/mol. The molecule has 0 saturated heterocycles. The number of hydrogen-bond donors (Lipinski definition) is 1. The van der Waals surface area contributed by atoms with Crippen molar-refractivity contribution in [3.8, 4) is 0 Å². The zero-order valence-corrected chi connectivity index (χ0v) is 10.1. The van der Waals surface area contributed by atoms with Crippen molar-refractivity contribution in [3.63, 3.8) is 0 Å². The summed E-state index contributed by atoms with van der Waals surface area (Å²) in [7, 11) is 0. The molecule has 17 heavy (non-hydrogen) atoms. The van der Waals surface area contributed by atoms with Crippen molar-refractivity contribution in [1.29, 1.82) is 0 Å². The molecule has 0 aliphatic rings. The van der Waals surface area contributed by atoms with Crippen LogP contribution in [0.1, 0.15) is 27.3 Å². The minimum Gasteiger partial charge on any atom is -0.366 e. The molecule has 0 atom stereocenters. The maximum Gasteiger partial charge on any atom is 0.250 e. The highest BCUT2D eigenvalue weighted by atomic mass is 16.1. The van der Waals surface area contributed by atoms with Gasteiger partial charge in [-0.25, -0.2) is 0 Å². The second-order valence-electron chi connectivity index (χ2n) is 4.22. The molecule has 0 aliphatic heterocycles. The maximum absolute atomic E-state index is 11.2. The number of nitrogens with two attached hydrogens (primary N) is 1. The number of carbonyl (C=O) groups excluding carboxylic acids is 1. The second kappa shape index (κ2) is 4.45. The van der Waals surface area contributed by atoms with Crippen molar-refractivity contribution in [2.24, 2.45) is 5.73 Å². The smallest absolute Gasteiger partial charge is 0.250 e. The number of carbonyl (C=O) groups is 1. The molecule has 0 aliphatic carbocycles. The standard InChI is InChI=1S/C14H16N2O/c1-10-8-13(14(15)17)11(2)16(10)9-12-6-4-3-5-7-12/h3-8H,9H2,1-2H3,(H2,15,17). The molecule has 3 nitrogen and oxygen atoms in total. The van der Waals surface area contributed by atoms with Gasteiger partial charge < -0.3 is 10.3 Å². The van der Waals surface area contributed by atoms with Crippen molar-refractivity contribution in [1.82, 2.24) is 4.57 Å². The Bertz CT molecular complexity index is 541. The summed E-state index contributed by atoms with van der Waals surface area (Å²) in [5, 5.41) is 0. The molecule has 0 radical (unpaired) electrons. The lowest BCUT2D eigenvalue weighted by molar-refractivity contribution is 0.0999. The quantitative estimate of drug-likeness (QED) is 0.860. The van der Waals surface area contributed by atoms with Crippen molar-refractivity contribution < 1.29 is 4.79 Å². The first-order valence-electron chi connectivity index (χ1n) is 5.60. The van der Waals surface area contributed by atoms with Gasteiger partial charge in [0.15, 0.2) is 0 Å². The lowest BCUT2D eigenvalue weighted by atomic mass is 10.2. The Morgan fingerprint density at radius 1 is 1.24 bits per heavy atom. The molecular weight excluding hydrogens is 212 g/mol. The van der Waals surface area contributed by atoms with Gasteiger partial charge in [-0.2, -0.15) is 0 Å². The molecule has 0 spiro atoms. The summed E-state index contributed by atoms with van der Waals surface area (Å²) in [5.74, 6) is -0.364. The van der Waals surface area contributed by atoms with Gasteiger partial charge in [-0.1, -0.05) is 30.3 Å². The van der Waals surface area contributed by atoms with E-state index in [1.807, 2.05) is 38.1 Å². The molecule has 88 valence electrons. The minimum absolute atomic E-state index is 0.364. The van der Waals surface area contributed by atoms with Crippen molar-refractivity contribution >= 4 is 5.91 Å². The Morgan fingerprint density at radius 2 is 1.88 bits per heavy atom. The number of primary amides is 1. The first-order chi connectivity index (χ1) is 8.09. The van der Waals surface area contributed by atoms with Gasteiger partial charge in [-0.05, 0) is 25.5 Å². The molecule has 0 bridgehead atoms. The number of hydrogen-bond acceptors (Lipinski definition) is 1. The zero-order valence-electron chi connectivity index (χ0n) is 10.1. The Kier molecular flexibility index (Phi) is 3.00. The van der Waals surface area contributed by atoms with Crippen LogP contribution in [0.3, 0.4) is 0 Å². The van der Waals surface area contributed by atoms with E-state index in [0.29, 0.717) is 5.56 Å². The Balaban J connectivity index is 2.37. The third kappa shape index (κ3) is 2.23. The van der Waals surface area contributed by atoms with E-state index in [1.54, 1.807) is 0 Å². The van der Waals surface area contributed by atoms with Crippen LogP contribution in [0.25, 0.3) is 0 Å². The molecular formula is C14H16N2O. The van der Waals surface area contributed by atoms with Gasteiger partial charge in [0.2, 0.25) is 0 Å². The van der Waals surface area contributed by atoms with Gasteiger partial charge in [0.05, 0.1) is 5.56 Å². The van der Waals surface area contributed by atoms with Crippen LogP contribution in [0.5, 0.6) is 0 Å². The molecule has 0 unspecified atom stereocenters. The summed E-state index contributed by atoms with van der Waals surface area (Å²) in [6, 6.07) is 12.0. The highest BCUT2D eigenvalue weighted by molar-refractivity contribution is 5.94. The molecule has 1 amide bonds. The van der Waals surface area contributed by atoms with E-state index in [4.69, 9.17) is 5.73 Å². The molecule has 1 aromatic carbocycles. The number of nitrogens with zero attached hydrogens (tertiary/aromatic N) is 1. The third-order valence-corrected chi connectivity index (χ3v) is 3.02. The van der Waals surface area contributed by atoms with Crippen molar-refractivity contribution in [3.05, 3.63) is 58.9 Å². The van der Waals surface area contributed by atoms with Crippen LogP contribution in [0.15, 0.2) is 36.4 Å². The van der Waals surface area contributed by atoms with E-state index in [9.17, 15) is 4.79 Å². The van der Waals surface area contributed by atoms with Gasteiger partial charge in [-0.3, -0.25) is 4.79 Å². The van der Waals surface area contributed by atoms with E-state index in [1.165, 1.54) is 5.56 Å². The summed E-state index contributed by atoms with van der Waals surface area (Å²) >= 11 is 0. The normalized spacial score (nSPS) is 10.5. The predicted molar refractivity (Wildman–Crippen MR) is 68.0 cm³/mol. The Labute approximate surface area is 101 Å². The van der Waals surface area contributed by atoms with Gasteiger partial charge in [0.25, 0.3) is 5.91 Å². The topological polar surface area (TPSA) is 48.0 Å². The van der Waals surface area contributed by atoms with E-state index >= 15 is 0 Å². The molecule has 1 aromatic heterocycles. The molecule has 2 rings (SSSR count). The predicted octanol–water partition coefficient (Wildman–Crippen LogP) is 2.25. The summed E-state index contributed by atoms with van der Waals surface area (Å²) in [4.78, 5) is 11.2. The summed E-state index contributed by atoms with van der Waals surface area (Å²) in [6.07, 6.45) is 0. The molecule has 2 N–H and O–H groups in total. The van der Waals surface area contributed by atoms with Crippen LogP contribution in [-0.4, -0.2) is 10.5 Å². The fourth-order valence-corrected chi connectivity index (χ4v) is 2.06. The first kappa shape index (κ1) is 11.5. The van der Waals surface area contributed by atoms with Gasteiger partial charge in [0, 0.05) is 17.9 Å². The highest BCUT2D eigenvalue weighted by Crippen LogP contribution is 2.16. The molecule has 3 heteroatoms. The van der Waals surface area contributed by atoms with E-state index in [-0.39, 0.29) is 5.91 Å². The van der Waals surface area contributed by atoms with E-state index in [0.717, 1.165) is 17.9 Å². The summed E-state index contributed by atoms with van der Waals surface area (Å²) in [6.45, 7) is 4.68. The fourth-order valence-electron chi connectivity index (χ4n) is 2.06. The van der Waals surface area contributed by atoms with Crippen LogP contribution >= 0.6 is 0 Å². The molecule has 2 aromatic rings. The molecule has 0 fully saturated rings. The van der Waals surface area contributed by atoms with Gasteiger partial charge >= 0.3 is 0 Å². The van der Waals surface area contributed by atoms with Crippen LogP contribution in [0.4, 0.5) is 0 Å². The first-order valence-corrected chi connectivity index (χ1v) is 5.60. The third-order valence-electron chi connectivity index (χ3n) is 3.02. The minimum atomic E-state index is -0.364. The summed E-state index contributed by atoms with van der Waals surface area (Å²) in [5.41, 5.74) is 9.15. The molecule has 1 heterocycles. The maximum atomic E-state index is 11.2. The van der Waals surface area contributed by atoms with Gasteiger partial charge in [0.1, 0.15) is 0 Å².